The van der Waals surface area contributed by atoms with Crippen molar-refractivity contribution in [2.45, 2.75) is 43.8 Å². The molecule has 0 unspecified atom stereocenters. The summed E-state index contributed by atoms with van der Waals surface area (Å²) in [4.78, 5) is 12.2. The third-order valence-corrected chi connectivity index (χ3v) is 5.44. The lowest BCUT2D eigenvalue weighted by Crippen LogP contribution is -2.41. The summed E-state index contributed by atoms with van der Waals surface area (Å²) in [7, 11) is 0. The Morgan fingerprint density at radius 3 is 3.04 bits per heavy atom. The Bertz CT molecular complexity index is 707. The zero-order valence-corrected chi connectivity index (χ0v) is 15.1. The van der Waals surface area contributed by atoms with E-state index in [1.807, 2.05) is 12.1 Å². The van der Waals surface area contributed by atoms with Gasteiger partial charge in [-0.2, -0.15) is 4.68 Å². The molecule has 3 rings (SSSR count). The molecule has 8 heteroatoms. The molecule has 1 aliphatic rings. The number of carbonyl (C=O) groups is 1. The van der Waals surface area contributed by atoms with Gasteiger partial charge in [0.15, 0.2) is 0 Å². The molecule has 1 heterocycles. The van der Waals surface area contributed by atoms with E-state index in [0.717, 1.165) is 12.1 Å². The van der Waals surface area contributed by atoms with E-state index in [9.17, 15) is 4.79 Å². The van der Waals surface area contributed by atoms with E-state index >= 15 is 0 Å². The van der Waals surface area contributed by atoms with Gasteiger partial charge in [0, 0.05) is 11.1 Å². The molecule has 0 radical (unpaired) electrons. The Morgan fingerprint density at radius 1 is 1.42 bits per heavy atom. The highest BCUT2D eigenvalue weighted by atomic mass is 35.5. The third kappa shape index (κ3) is 4.27. The molecule has 0 aliphatic heterocycles. The van der Waals surface area contributed by atoms with Crippen LogP contribution in [0.15, 0.2) is 29.4 Å². The molecule has 0 spiro atoms. The number of nitrogens with one attached hydrogen (secondary N) is 1. The second-order valence-electron chi connectivity index (χ2n) is 6.08. The van der Waals surface area contributed by atoms with Crippen molar-refractivity contribution in [2.75, 3.05) is 5.75 Å². The minimum Gasteiger partial charge on any atom is -0.352 e. The van der Waals surface area contributed by atoms with Crippen LogP contribution < -0.4 is 5.32 Å². The predicted octanol–water partition coefficient (Wildman–Crippen LogP) is 3.10. The molecule has 24 heavy (non-hydrogen) atoms. The van der Waals surface area contributed by atoms with Gasteiger partial charge in [0.1, 0.15) is 0 Å². The maximum atomic E-state index is 12.2. The van der Waals surface area contributed by atoms with E-state index in [1.54, 1.807) is 16.8 Å². The van der Waals surface area contributed by atoms with Crippen LogP contribution in [0.5, 0.6) is 0 Å². The molecule has 0 saturated heterocycles. The summed E-state index contributed by atoms with van der Waals surface area (Å²) in [6.07, 6.45) is 4.70. The molecular formula is C16H20ClN5OS. The molecule has 1 fully saturated rings. The second-order valence-corrected chi connectivity index (χ2v) is 7.46. The SMILES string of the molecule is C[C@H]1CCCC[C@H]1NC(=O)CSc1nnnn1-c1cccc(Cl)c1. The van der Waals surface area contributed by atoms with Gasteiger partial charge in [-0.3, -0.25) is 4.79 Å². The highest BCUT2D eigenvalue weighted by Crippen LogP contribution is 2.24. The number of aromatic nitrogens is 4. The van der Waals surface area contributed by atoms with Crippen molar-refractivity contribution in [1.82, 2.24) is 25.5 Å². The topological polar surface area (TPSA) is 72.7 Å². The number of nitrogens with zero attached hydrogens (tertiary/aromatic N) is 4. The fourth-order valence-corrected chi connectivity index (χ4v) is 3.83. The van der Waals surface area contributed by atoms with Gasteiger partial charge in [-0.25, -0.2) is 0 Å². The summed E-state index contributed by atoms with van der Waals surface area (Å²) in [5.74, 6) is 0.869. The zero-order chi connectivity index (χ0) is 16.9. The molecule has 1 saturated carbocycles. The van der Waals surface area contributed by atoms with Crippen LogP contribution >= 0.6 is 23.4 Å². The Hall–Kier alpha value is -1.60. The number of thioether (sulfide) groups is 1. The average molecular weight is 366 g/mol. The lowest BCUT2D eigenvalue weighted by molar-refractivity contribution is -0.119. The zero-order valence-electron chi connectivity index (χ0n) is 13.5. The van der Waals surface area contributed by atoms with Crippen molar-refractivity contribution in [1.29, 1.82) is 0 Å². The molecule has 1 aromatic heterocycles. The van der Waals surface area contributed by atoms with Crippen LogP contribution in [0, 0.1) is 5.92 Å². The second kappa shape index (κ2) is 7.98. The molecule has 2 aromatic rings. The van der Waals surface area contributed by atoms with Gasteiger partial charge in [0.25, 0.3) is 0 Å². The first-order chi connectivity index (χ1) is 11.6. The normalized spacial score (nSPS) is 20.8. The van der Waals surface area contributed by atoms with E-state index in [0.29, 0.717) is 21.8 Å². The molecule has 6 nitrogen and oxygen atoms in total. The molecule has 1 aromatic carbocycles. The quantitative estimate of drug-likeness (QED) is 0.824. The Kier molecular flexibility index (Phi) is 5.73. The number of carbonyl (C=O) groups excluding carboxylic acids is 1. The number of hydrogen-bond donors (Lipinski definition) is 1. The van der Waals surface area contributed by atoms with Crippen molar-refractivity contribution >= 4 is 29.3 Å². The number of rotatable bonds is 5. The lowest BCUT2D eigenvalue weighted by atomic mass is 9.86. The van der Waals surface area contributed by atoms with Crippen LogP contribution in [0.3, 0.4) is 0 Å². The molecule has 1 N–H and O–H groups in total. The standard InChI is InChI=1S/C16H20ClN5OS/c1-11-5-2-3-8-14(11)18-15(23)10-24-16-19-20-21-22(16)13-7-4-6-12(17)9-13/h4,6-7,9,11,14H,2-3,5,8,10H2,1H3,(H,18,23)/t11-,14+/m0/s1. The largest absolute Gasteiger partial charge is 0.352 e. The Morgan fingerprint density at radius 2 is 2.25 bits per heavy atom. The molecular weight excluding hydrogens is 346 g/mol. The highest BCUT2D eigenvalue weighted by Gasteiger charge is 2.23. The minimum atomic E-state index is 0.0272. The van der Waals surface area contributed by atoms with Crippen molar-refractivity contribution < 1.29 is 4.79 Å². The van der Waals surface area contributed by atoms with E-state index in [2.05, 4.69) is 27.8 Å². The molecule has 0 bridgehead atoms. The number of benzene rings is 1. The van der Waals surface area contributed by atoms with Crippen LogP contribution in [0.2, 0.25) is 5.02 Å². The fraction of sp³-hybridized carbons (Fsp3) is 0.500. The van der Waals surface area contributed by atoms with Crippen LogP contribution in [0.1, 0.15) is 32.6 Å². The first-order valence-electron chi connectivity index (χ1n) is 8.10. The molecule has 1 amide bonds. The first-order valence-corrected chi connectivity index (χ1v) is 9.46. The van der Waals surface area contributed by atoms with Gasteiger partial charge < -0.3 is 5.32 Å². The van der Waals surface area contributed by atoms with Crippen molar-refractivity contribution in [3.05, 3.63) is 29.3 Å². The van der Waals surface area contributed by atoms with E-state index in [-0.39, 0.29) is 11.9 Å². The Labute approximate surface area is 150 Å². The summed E-state index contributed by atoms with van der Waals surface area (Å²) >= 11 is 7.33. The monoisotopic (exact) mass is 365 g/mol. The van der Waals surface area contributed by atoms with Crippen LogP contribution in [0.25, 0.3) is 5.69 Å². The summed E-state index contributed by atoms with van der Waals surface area (Å²) in [6, 6.07) is 7.57. The van der Waals surface area contributed by atoms with Gasteiger partial charge in [-0.15, -0.1) is 5.10 Å². The third-order valence-electron chi connectivity index (χ3n) is 4.28. The molecule has 2 atom stereocenters. The van der Waals surface area contributed by atoms with Crippen molar-refractivity contribution in [2.24, 2.45) is 5.92 Å². The molecule has 1 aliphatic carbocycles. The summed E-state index contributed by atoms with van der Waals surface area (Å²) in [5.41, 5.74) is 0.774. The first kappa shape index (κ1) is 17.2. The van der Waals surface area contributed by atoms with Crippen LogP contribution in [-0.2, 0) is 4.79 Å². The number of tetrazole rings is 1. The van der Waals surface area contributed by atoms with E-state index in [1.165, 1.54) is 31.0 Å². The number of hydrogen-bond acceptors (Lipinski definition) is 5. The highest BCUT2D eigenvalue weighted by molar-refractivity contribution is 7.99. The summed E-state index contributed by atoms with van der Waals surface area (Å²) in [5, 5.41) is 16.0. The fourth-order valence-electron chi connectivity index (χ4n) is 2.95. The molecule has 128 valence electrons. The minimum absolute atomic E-state index is 0.0272. The van der Waals surface area contributed by atoms with Crippen LogP contribution in [-0.4, -0.2) is 37.9 Å². The van der Waals surface area contributed by atoms with Crippen molar-refractivity contribution in [3.63, 3.8) is 0 Å². The smallest absolute Gasteiger partial charge is 0.230 e. The van der Waals surface area contributed by atoms with E-state index in [4.69, 9.17) is 11.6 Å². The van der Waals surface area contributed by atoms with Gasteiger partial charge in [0.2, 0.25) is 11.1 Å². The van der Waals surface area contributed by atoms with Gasteiger partial charge in [0.05, 0.1) is 11.4 Å². The average Bonchev–Trinajstić information content (AvgIpc) is 3.04. The number of amides is 1. The van der Waals surface area contributed by atoms with Gasteiger partial charge in [-0.1, -0.05) is 49.2 Å². The maximum absolute atomic E-state index is 12.2. The van der Waals surface area contributed by atoms with Gasteiger partial charge >= 0.3 is 0 Å². The Balaban J connectivity index is 1.59. The number of halogens is 1. The maximum Gasteiger partial charge on any atom is 0.230 e. The predicted molar refractivity (Wildman–Crippen MR) is 94.5 cm³/mol. The van der Waals surface area contributed by atoms with Crippen molar-refractivity contribution in [3.8, 4) is 5.69 Å². The lowest BCUT2D eigenvalue weighted by Gasteiger charge is -2.29. The van der Waals surface area contributed by atoms with Crippen LogP contribution in [0.4, 0.5) is 0 Å². The van der Waals surface area contributed by atoms with Gasteiger partial charge in [-0.05, 0) is 47.4 Å². The summed E-state index contributed by atoms with van der Waals surface area (Å²) < 4.78 is 1.59. The summed E-state index contributed by atoms with van der Waals surface area (Å²) in [6.45, 7) is 2.21. The van der Waals surface area contributed by atoms with E-state index < -0.39 is 0 Å².